The molecule has 1 atom stereocenters. The lowest BCUT2D eigenvalue weighted by atomic mass is 10.1. The van der Waals surface area contributed by atoms with Crippen LogP contribution in [0.1, 0.15) is 17.2 Å². The molecule has 0 saturated heterocycles. The zero-order chi connectivity index (χ0) is 12.5. The minimum absolute atomic E-state index is 0.00212. The summed E-state index contributed by atoms with van der Waals surface area (Å²) >= 11 is 0. The highest BCUT2D eigenvalue weighted by molar-refractivity contribution is 6.04. The molecule has 3 nitrogen and oxygen atoms in total. The van der Waals surface area contributed by atoms with Gasteiger partial charge in [0, 0.05) is 16.9 Å². The van der Waals surface area contributed by atoms with E-state index >= 15 is 0 Å². The van der Waals surface area contributed by atoms with Crippen molar-refractivity contribution in [2.24, 2.45) is 0 Å². The SMILES string of the molecule is Cc1cccc(NC2C(=O)Nc3ccccc32)c1. The summed E-state index contributed by atoms with van der Waals surface area (Å²) in [5, 5.41) is 6.16. The Morgan fingerprint density at radius 1 is 1.11 bits per heavy atom. The van der Waals surface area contributed by atoms with Crippen LogP contribution in [0.5, 0.6) is 0 Å². The summed E-state index contributed by atoms with van der Waals surface area (Å²) in [6, 6.07) is 15.5. The molecule has 0 fully saturated rings. The van der Waals surface area contributed by atoms with E-state index in [1.165, 1.54) is 5.56 Å². The highest BCUT2D eigenvalue weighted by Crippen LogP contribution is 2.32. The number of para-hydroxylation sites is 1. The normalized spacial score (nSPS) is 17.2. The van der Waals surface area contributed by atoms with Crippen LogP contribution in [0.25, 0.3) is 0 Å². The first-order valence-corrected chi connectivity index (χ1v) is 5.97. The van der Waals surface area contributed by atoms with Gasteiger partial charge in [0.05, 0.1) is 0 Å². The molecule has 2 aromatic rings. The third kappa shape index (κ3) is 1.84. The smallest absolute Gasteiger partial charge is 0.251 e. The predicted octanol–water partition coefficient (Wildman–Crippen LogP) is 3.10. The number of hydrogen-bond acceptors (Lipinski definition) is 2. The molecule has 2 N–H and O–H groups in total. The van der Waals surface area contributed by atoms with Crippen molar-refractivity contribution < 1.29 is 4.79 Å². The van der Waals surface area contributed by atoms with Gasteiger partial charge in [-0.1, -0.05) is 30.3 Å². The summed E-state index contributed by atoms with van der Waals surface area (Å²) in [6.45, 7) is 2.04. The number of carbonyl (C=O) groups excluding carboxylic acids is 1. The van der Waals surface area contributed by atoms with Crippen molar-refractivity contribution in [3.63, 3.8) is 0 Å². The zero-order valence-corrected chi connectivity index (χ0v) is 10.1. The third-order valence-corrected chi connectivity index (χ3v) is 3.12. The minimum atomic E-state index is -0.303. The lowest BCUT2D eigenvalue weighted by Gasteiger charge is -2.13. The van der Waals surface area contributed by atoms with E-state index in [-0.39, 0.29) is 11.9 Å². The minimum Gasteiger partial charge on any atom is -0.370 e. The summed E-state index contributed by atoms with van der Waals surface area (Å²) in [6.07, 6.45) is 0. The summed E-state index contributed by atoms with van der Waals surface area (Å²) in [7, 11) is 0. The number of rotatable bonds is 2. The number of benzene rings is 2. The molecule has 1 amide bonds. The number of amides is 1. The monoisotopic (exact) mass is 238 g/mol. The molecule has 0 saturated carbocycles. The van der Waals surface area contributed by atoms with Gasteiger partial charge < -0.3 is 10.6 Å². The Morgan fingerprint density at radius 2 is 1.94 bits per heavy atom. The van der Waals surface area contributed by atoms with Crippen LogP contribution in [0.2, 0.25) is 0 Å². The van der Waals surface area contributed by atoms with Crippen molar-refractivity contribution in [2.75, 3.05) is 10.6 Å². The Morgan fingerprint density at radius 3 is 2.78 bits per heavy atom. The van der Waals surface area contributed by atoms with Gasteiger partial charge in [-0.3, -0.25) is 4.79 Å². The quantitative estimate of drug-likeness (QED) is 0.844. The molecule has 3 heteroatoms. The Hall–Kier alpha value is -2.29. The molecule has 3 rings (SSSR count). The number of carbonyl (C=O) groups is 1. The molecule has 18 heavy (non-hydrogen) atoms. The van der Waals surface area contributed by atoms with Crippen molar-refractivity contribution in [2.45, 2.75) is 13.0 Å². The molecule has 90 valence electrons. The van der Waals surface area contributed by atoms with Crippen LogP contribution in [0.3, 0.4) is 0 Å². The number of nitrogens with one attached hydrogen (secondary N) is 2. The molecule has 0 spiro atoms. The van der Waals surface area contributed by atoms with Gasteiger partial charge >= 0.3 is 0 Å². The molecule has 1 unspecified atom stereocenters. The van der Waals surface area contributed by atoms with Crippen molar-refractivity contribution in [1.82, 2.24) is 0 Å². The highest BCUT2D eigenvalue weighted by atomic mass is 16.2. The largest absolute Gasteiger partial charge is 0.370 e. The molecular weight excluding hydrogens is 224 g/mol. The van der Waals surface area contributed by atoms with Gasteiger partial charge in [-0.05, 0) is 30.7 Å². The standard InChI is InChI=1S/C15H14N2O/c1-10-5-4-6-11(9-10)16-14-12-7-2-3-8-13(12)17-15(14)18/h2-9,14,16H,1H3,(H,17,18). The van der Waals surface area contributed by atoms with Crippen molar-refractivity contribution in [3.8, 4) is 0 Å². The van der Waals surface area contributed by atoms with E-state index in [0.29, 0.717) is 0 Å². The van der Waals surface area contributed by atoms with E-state index in [2.05, 4.69) is 10.6 Å². The fraction of sp³-hybridized carbons (Fsp3) is 0.133. The Bertz CT molecular complexity index is 607. The Kier molecular flexibility index (Phi) is 2.52. The first kappa shape index (κ1) is 10.8. The van der Waals surface area contributed by atoms with Gasteiger partial charge in [-0.2, -0.15) is 0 Å². The molecule has 0 radical (unpaired) electrons. The lowest BCUT2D eigenvalue weighted by molar-refractivity contribution is -0.116. The average Bonchev–Trinajstić information content (AvgIpc) is 2.66. The summed E-state index contributed by atoms with van der Waals surface area (Å²) in [5.41, 5.74) is 4.04. The van der Waals surface area contributed by atoms with Crippen LogP contribution in [-0.4, -0.2) is 5.91 Å². The van der Waals surface area contributed by atoms with Crippen LogP contribution in [0.15, 0.2) is 48.5 Å². The summed E-state index contributed by atoms with van der Waals surface area (Å²) in [4.78, 5) is 11.9. The molecule has 1 aliphatic rings. The van der Waals surface area contributed by atoms with Gasteiger partial charge in [0.1, 0.15) is 6.04 Å². The maximum atomic E-state index is 11.9. The second kappa shape index (κ2) is 4.18. The number of aryl methyl sites for hydroxylation is 1. The molecule has 1 aliphatic heterocycles. The molecule has 1 heterocycles. The first-order chi connectivity index (χ1) is 8.74. The zero-order valence-electron chi connectivity index (χ0n) is 10.1. The van der Waals surface area contributed by atoms with E-state index < -0.39 is 0 Å². The third-order valence-electron chi connectivity index (χ3n) is 3.12. The number of anilines is 2. The second-order valence-electron chi connectivity index (χ2n) is 4.52. The van der Waals surface area contributed by atoms with Crippen LogP contribution in [-0.2, 0) is 4.79 Å². The van der Waals surface area contributed by atoms with Gasteiger partial charge in [0.25, 0.3) is 5.91 Å². The Balaban J connectivity index is 1.91. The van der Waals surface area contributed by atoms with Crippen LogP contribution < -0.4 is 10.6 Å². The van der Waals surface area contributed by atoms with Gasteiger partial charge in [0.15, 0.2) is 0 Å². The van der Waals surface area contributed by atoms with E-state index in [4.69, 9.17) is 0 Å². The van der Waals surface area contributed by atoms with Gasteiger partial charge in [0.2, 0.25) is 0 Å². The Labute approximate surface area is 106 Å². The first-order valence-electron chi connectivity index (χ1n) is 5.97. The van der Waals surface area contributed by atoms with Crippen molar-refractivity contribution in [3.05, 3.63) is 59.7 Å². The van der Waals surface area contributed by atoms with Gasteiger partial charge in [-0.25, -0.2) is 0 Å². The van der Waals surface area contributed by atoms with Gasteiger partial charge in [-0.15, -0.1) is 0 Å². The van der Waals surface area contributed by atoms with Crippen LogP contribution in [0, 0.1) is 6.92 Å². The highest BCUT2D eigenvalue weighted by Gasteiger charge is 2.29. The number of fused-ring (bicyclic) bond motifs is 1. The summed E-state index contributed by atoms with van der Waals surface area (Å²) in [5.74, 6) is -0.00212. The second-order valence-corrected chi connectivity index (χ2v) is 4.52. The fourth-order valence-corrected chi connectivity index (χ4v) is 2.25. The summed E-state index contributed by atoms with van der Waals surface area (Å²) < 4.78 is 0. The molecule has 0 bridgehead atoms. The van der Waals surface area contributed by atoms with E-state index in [1.807, 2.05) is 55.5 Å². The van der Waals surface area contributed by atoms with E-state index in [1.54, 1.807) is 0 Å². The lowest BCUT2D eigenvalue weighted by Crippen LogP contribution is -2.19. The molecule has 0 aromatic heterocycles. The molecular formula is C15H14N2O. The fourth-order valence-electron chi connectivity index (χ4n) is 2.25. The predicted molar refractivity (Wildman–Crippen MR) is 72.6 cm³/mol. The maximum absolute atomic E-state index is 11.9. The topological polar surface area (TPSA) is 41.1 Å². The average molecular weight is 238 g/mol. The molecule has 2 aromatic carbocycles. The number of hydrogen-bond donors (Lipinski definition) is 2. The van der Waals surface area contributed by atoms with E-state index in [0.717, 1.165) is 16.9 Å². The molecule has 0 aliphatic carbocycles. The van der Waals surface area contributed by atoms with Crippen LogP contribution in [0.4, 0.5) is 11.4 Å². The van der Waals surface area contributed by atoms with E-state index in [9.17, 15) is 4.79 Å². The van der Waals surface area contributed by atoms with Crippen molar-refractivity contribution in [1.29, 1.82) is 0 Å². The van der Waals surface area contributed by atoms with Crippen LogP contribution >= 0.6 is 0 Å². The van der Waals surface area contributed by atoms with Crippen molar-refractivity contribution >= 4 is 17.3 Å². The maximum Gasteiger partial charge on any atom is 0.251 e.